The van der Waals surface area contributed by atoms with Crippen LogP contribution in [0.15, 0.2) is 0 Å². The third-order valence-electron chi connectivity index (χ3n) is 1.91. The molecule has 1 unspecified atom stereocenters. The molecule has 1 saturated carbocycles. The Kier molecular flexibility index (Phi) is 1.99. The van der Waals surface area contributed by atoms with E-state index in [4.69, 9.17) is 0 Å². The Morgan fingerprint density at radius 3 is 2.20 bits per heavy atom. The minimum absolute atomic E-state index is 0.111. The largest absolute Gasteiger partial charge is 0.305 e. The van der Waals surface area contributed by atoms with Crippen LogP contribution in [0.4, 0.5) is 3.89 Å². The van der Waals surface area contributed by atoms with Gasteiger partial charge in [-0.25, -0.2) is 0 Å². The molecule has 60 valence electrons. The van der Waals surface area contributed by atoms with Crippen molar-refractivity contribution in [2.45, 2.75) is 31.4 Å². The van der Waals surface area contributed by atoms with Gasteiger partial charge in [0, 0.05) is 0 Å². The predicted molar refractivity (Wildman–Crippen MR) is 36.8 cm³/mol. The summed E-state index contributed by atoms with van der Waals surface area (Å²) < 4.78 is 33.1. The molecule has 0 aromatic rings. The molecule has 1 atom stereocenters. The third-order valence-corrected chi connectivity index (χ3v) is 3.35. The van der Waals surface area contributed by atoms with E-state index in [1.807, 2.05) is 0 Å². The minimum atomic E-state index is -4.25. The van der Waals surface area contributed by atoms with Gasteiger partial charge in [-0.05, 0) is 25.2 Å². The van der Waals surface area contributed by atoms with Crippen LogP contribution < -0.4 is 0 Å². The molecule has 0 aliphatic heterocycles. The van der Waals surface area contributed by atoms with E-state index in [9.17, 15) is 12.3 Å². The van der Waals surface area contributed by atoms with Gasteiger partial charge in [0.05, 0.1) is 5.25 Å². The standard InChI is InChI=1S/C6H11FO2S/c1-2-6(5-3-4-5)10(7,8)9/h5-6H,2-4H2,1H3. The van der Waals surface area contributed by atoms with Gasteiger partial charge in [0.25, 0.3) is 0 Å². The summed E-state index contributed by atoms with van der Waals surface area (Å²) >= 11 is 0. The topological polar surface area (TPSA) is 34.1 Å². The van der Waals surface area contributed by atoms with Crippen LogP contribution in [0.1, 0.15) is 26.2 Å². The molecule has 0 heterocycles. The first kappa shape index (κ1) is 7.98. The van der Waals surface area contributed by atoms with Crippen molar-refractivity contribution in [3.63, 3.8) is 0 Å². The van der Waals surface area contributed by atoms with E-state index >= 15 is 0 Å². The highest BCUT2D eigenvalue weighted by molar-refractivity contribution is 7.87. The Morgan fingerprint density at radius 1 is 1.60 bits per heavy atom. The van der Waals surface area contributed by atoms with Gasteiger partial charge in [-0.15, -0.1) is 3.89 Å². The van der Waals surface area contributed by atoms with E-state index in [0.717, 1.165) is 12.8 Å². The van der Waals surface area contributed by atoms with Crippen LogP contribution in [0, 0.1) is 5.92 Å². The normalized spacial score (nSPS) is 22.6. The zero-order chi connectivity index (χ0) is 7.78. The van der Waals surface area contributed by atoms with Crippen molar-refractivity contribution in [3.05, 3.63) is 0 Å². The van der Waals surface area contributed by atoms with E-state index in [-0.39, 0.29) is 5.92 Å². The van der Waals surface area contributed by atoms with Crippen molar-refractivity contribution in [1.82, 2.24) is 0 Å². The van der Waals surface area contributed by atoms with E-state index in [0.29, 0.717) is 6.42 Å². The summed E-state index contributed by atoms with van der Waals surface area (Å²) in [4.78, 5) is 0. The fourth-order valence-electron chi connectivity index (χ4n) is 1.23. The molecule has 0 amide bonds. The average Bonchev–Trinajstić information content (AvgIpc) is 2.46. The first-order chi connectivity index (χ1) is 4.55. The highest BCUT2D eigenvalue weighted by Crippen LogP contribution is 2.38. The Hall–Kier alpha value is -0.120. The first-order valence-electron chi connectivity index (χ1n) is 3.49. The van der Waals surface area contributed by atoms with Gasteiger partial charge in [0.2, 0.25) is 0 Å². The molecule has 10 heavy (non-hydrogen) atoms. The molecule has 0 N–H and O–H groups in total. The van der Waals surface area contributed by atoms with Gasteiger partial charge >= 0.3 is 10.2 Å². The lowest BCUT2D eigenvalue weighted by Crippen LogP contribution is -2.17. The molecule has 4 heteroatoms. The minimum Gasteiger partial charge on any atom is -0.195 e. The van der Waals surface area contributed by atoms with E-state index < -0.39 is 15.5 Å². The summed E-state index contributed by atoms with van der Waals surface area (Å²) in [7, 11) is -4.25. The van der Waals surface area contributed by atoms with Crippen LogP contribution in [-0.4, -0.2) is 13.7 Å². The molecule has 1 aliphatic rings. The summed E-state index contributed by atoms with van der Waals surface area (Å²) in [6.45, 7) is 1.71. The lowest BCUT2D eigenvalue weighted by atomic mass is 10.2. The summed E-state index contributed by atoms with van der Waals surface area (Å²) in [5.41, 5.74) is 0. The smallest absolute Gasteiger partial charge is 0.195 e. The molecular weight excluding hydrogens is 155 g/mol. The zero-order valence-electron chi connectivity index (χ0n) is 5.88. The highest BCUT2D eigenvalue weighted by Gasteiger charge is 2.38. The molecule has 1 fully saturated rings. The maximum atomic E-state index is 12.3. The van der Waals surface area contributed by atoms with E-state index in [1.54, 1.807) is 6.92 Å². The van der Waals surface area contributed by atoms with Gasteiger partial charge in [0.15, 0.2) is 0 Å². The van der Waals surface area contributed by atoms with Crippen LogP contribution >= 0.6 is 0 Å². The predicted octanol–water partition coefficient (Wildman–Crippen LogP) is 1.47. The van der Waals surface area contributed by atoms with E-state index in [1.165, 1.54) is 0 Å². The van der Waals surface area contributed by atoms with Crippen LogP contribution in [0.25, 0.3) is 0 Å². The second-order valence-corrected chi connectivity index (χ2v) is 4.32. The Morgan fingerprint density at radius 2 is 2.10 bits per heavy atom. The summed E-state index contributed by atoms with van der Waals surface area (Å²) in [6, 6.07) is 0. The van der Waals surface area contributed by atoms with Crippen molar-refractivity contribution in [1.29, 1.82) is 0 Å². The van der Waals surface area contributed by atoms with Crippen LogP contribution in [0.5, 0.6) is 0 Å². The molecular formula is C6H11FO2S. The lowest BCUT2D eigenvalue weighted by Gasteiger charge is -2.06. The Balaban J connectivity index is 2.64. The quantitative estimate of drug-likeness (QED) is 0.595. The average molecular weight is 166 g/mol. The molecule has 0 bridgehead atoms. The molecule has 0 aromatic heterocycles. The molecule has 0 aromatic carbocycles. The van der Waals surface area contributed by atoms with E-state index in [2.05, 4.69) is 0 Å². The molecule has 1 rings (SSSR count). The number of hydrogen-bond donors (Lipinski definition) is 0. The second-order valence-electron chi connectivity index (χ2n) is 2.76. The van der Waals surface area contributed by atoms with Crippen LogP contribution in [0.3, 0.4) is 0 Å². The van der Waals surface area contributed by atoms with Crippen LogP contribution in [-0.2, 0) is 10.2 Å². The highest BCUT2D eigenvalue weighted by atomic mass is 32.3. The zero-order valence-corrected chi connectivity index (χ0v) is 6.70. The van der Waals surface area contributed by atoms with Gasteiger partial charge in [-0.1, -0.05) is 6.92 Å². The Labute approximate surface area is 60.6 Å². The SMILES string of the molecule is CCC(C1CC1)S(=O)(=O)F. The fraction of sp³-hybridized carbons (Fsp3) is 1.00. The first-order valence-corrected chi connectivity index (χ1v) is 4.94. The van der Waals surface area contributed by atoms with Crippen molar-refractivity contribution >= 4 is 10.2 Å². The maximum Gasteiger partial charge on any atom is 0.305 e. The van der Waals surface area contributed by atoms with Crippen molar-refractivity contribution < 1.29 is 12.3 Å². The number of halogens is 1. The summed E-state index contributed by atoms with van der Waals surface area (Å²) in [5, 5.41) is -0.715. The Bertz CT molecular complexity index is 206. The number of rotatable bonds is 3. The van der Waals surface area contributed by atoms with Gasteiger partial charge in [-0.3, -0.25) is 0 Å². The van der Waals surface area contributed by atoms with Gasteiger partial charge < -0.3 is 0 Å². The molecule has 0 spiro atoms. The van der Waals surface area contributed by atoms with Crippen LogP contribution in [0.2, 0.25) is 0 Å². The molecule has 0 radical (unpaired) electrons. The summed E-state index contributed by atoms with van der Waals surface area (Å²) in [6.07, 6.45) is 2.16. The molecule has 0 saturated heterocycles. The van der Waals surface area contributed by atoms with Crippen molar-refractivity contribution in [2.75, 3.05) is 0 Å². The monoisotopic (exact) mass is 166 g/mol. The molecule has 2 nitrogen and oxygen atoms in total. The maximum absolute atomic E-state index is 12.3. The molecule has 1 aliphatic carbocycles. The van der Waals surface area contributed by atoms with Crippen molar-refractivity contribution in [3.8, 4) is 0 Å². The second kappa shape index (κ2) is 2.49. The van der Waals surface area contributed by atoms with Crippen molar-refractivity contribution in [2.24, 2.45) is 5.92 Å². The lowest BCUT2D eigenvalue weighted by molar-refractivity contribution is 0.517. The van der Waals surface area contributed by atoms with Gasteiger partial charge in [0.1, 0.15) is 0 Å². The van der Waals surface area contributed by atoms with Gasteiger partial charge in [-0.2, -0.15) is 8.42 Å². The fourth-order valence-corrected chi connectivity index (χ4v) is 2.36. The third kappa shape index (κ3) is 1.68. The number of hydrogen-bond acceptors (Lipinski definition) is 2. The summed E-state index contributed by atoms with van der Waals surface area (Å²) in [5.74, 6) is 0.111.